The van der Waals surface area contributed by atoms with Gasteiger partial charge in [-0.05, 0) is 57.1 Å². The number of amides is 1. The summed E-state index contributed by atoms with van der Waals surface area (Å²) < 4.78 is 1.78. The third-order valence-corrected chi connectivity index (χ3v) is 6.58. The predicted octanol–water partition coefficient (Wildman–Crippen LogP) is 2.44. The van der Waals surface area contributed by atoms with Crippen LogP contribution in [-0.4, -0.2) is 62.1 Å². The molecule has 4 rings (SSSR count). The van der Waals surface area contributed by atoms with E-state index in [0.717, 1.165) is 49.0 Å². The van der Waals surface area contributed by atoms with Crippen LogP contribution in [0.3, 0.4) is 0 Å². The van der Waals surface area contributed by atoms with Gasteiger partial charge >= 0.3 is 0 Å². The first kappa shape index (κ1) is 17.8. The summed E-state index contributed by atoms with van der Waals surface area (Å²) >= 11 is 2.08. The number of hydrogen-bond acceptors (Lipinski definition) is 5. The number of nitrogens with zero attached hydrogens (tertiary/aromatic N) is 4. The average molecular weight is 374 g/mol. The Kier molecular flexibility index (Phi) is 5.18. The minimum Gasteiger partial charge on any atom is -0.348 e. The lowest BCUT2D eigenvalue weighted by atomic mass is 10.0. The smallest absolute Gasteiger partial charge is 0.270 e. The van der Waals surface area contributed by atoms with Crippen molar-refractivity contribution in [3.05, 3.63) is 29.2 Å². The fraction of sp³-hybridized carbons (Fsp3) is 0.632. The Labute approximate surface area is 158 Å². The molecule has 0 bridgehead atoms. The number of likely N-dealkylation sites (tertiary alicyclic amines) is 1. The fourth-order valence-electron chi connectivity index (χ4n) is 4.07. The molecule has 0 atom stereocenters. The van der Waals surface area contributed by atoms with Crippen LogP contribution in [0.4, 0.5) is 0 Å². The molecular formula is C19H27N5OS. The highest BCUT2D eigenvalue weighted by Gasteiger charge is 2.27. The maximum absolute atomic E-state index is 12.7. The third kappa shape index (κ3) is 3.74. The molecule has 6 nitrogen and oxygen atoms in total. The summed E-state index contributed by atoms with van der Waals surface area (Å²) in [6.07, 6.45) is 4.69. The lowest BCUT2D eigenvalue weighted by molar-refractivity contribution is 0.0881. The lowest BCUT2D eigenvalue weighted by Gasteiger charge is -2.39. The first-order valence-corrected chi connectivity index (χ1v) is 10.7. The molecule has 26 heavy (non-hydrogen) atoms. The zero-order valence-corrected chi connectivity index (χ0v) is 16.4. The number of rotatable bonds is 3. The number of hydrogen-bond donors (Lipinski definition) is 1. The normalized spacial score (nSPS) is 20.5. The summed E-state index contributed by atoms with van der Waals surface area (Å²) in [6.45, 7) is 6.08. The van der Waals surface area contributed by atoms with E-state index in [1.807, 2.05) is 26.0 Å². The van der Waals surface area contributed by atoms with Gasteiger partial charge in [0.2, 0.25) is 0 Å². The number of nitrogens with one attached hydrogen (secondary N) is 1. The zero-order chi connectivity index (χ0) is 18.1. The number of aromatic nitrogens is 3. The van der Waals surface area contributed by atoms with Crippen LogP contribution in [0.2, 0.25) is 0 Å². The summed E-state index contributed by atoms with van der Waals surface area (Å²) in [5.74, 6) is 2.52. The van der Waals surface area contributed by atoms with Gasteiger partial charge in [-0.2, -0.15) is 16.9 Å². The van der Waals surface area contributed by atoms with Crippen LogP contribution in [0.5, 0.6) is 0 Å². The minimum absolute atomic E-state index is 0.0676. The Morgan fingerprint density at radius 1 is 1.15 bits per heavy atom. The number of thioether (sulfide) groups is 1. The number of aryl methyl sites for hydroxylation is 2. The van der Waals surface area contributed by atoms with E-state index in [9.17, 15) is 4.79 Å². The maximum atomic E-state index is 12.7. The van der Waals surface area contributed by atoms with Gasteiger partial charge in [0.1, 0.15) is 5.69 Å². The van der Waals surface area contributed by atoms with Crippen molar-refractivity contribution in [2.45, 2.75) is 51.6 Å². The highest BCUT2D eigenvalue weighted by Crippen LogP contribution is 2.24. The molecule has 2 fully saturated rings. The van der Waals surface area contributed by atoms with Crippen LogP contribution in [-0.2, 0) is 0 Å². The summed E-state index contributed by atoms with van der Waals surface area (Å²) in [6, 6.07) is 4.74. The van der Waals surface area contributed by atoms with Crippen molar-refractivity contribution in [3.8, 4) is 0 Å². The first-order valence-electron chi connectivity index (χ1n) is 9.57. The van der Waals surface area contributed by atoms with Gasteiger partial charge in [-0.1, -0.05) is 0 Å². The van der Waals surface area contributed by atoms with Crippen LogP contribution in [0.1, 0.15) is 47.6 Å². The lowest BCUT2D eigenvalue weighted by Crippen LogP contribution is -2.48. The van der Waals surface area contributed by atoms with E-state index in [0.29, 0.717) is 5.69 Å². The van der Waals surface area contributed by atoms with Crippen molar-refractivity contribution in [2.75, 3.05) is 24.6 Å². The largest absolute Gasteiger partial charge is 0.348 e. The van der Waals surface area contributed by atoms with Crippen molar-refractivity contribution in [3.63, 3.8) is 0 Å². The van der Waals surface area contributed by atoms with E-state index in [2.05, 4.69) is 32.1 Å². The quantitative estimate of drug-likeness (QED) is 0.895. The SMILES string of the molecule is Cc1cc2nc(C(=O)NC3CCN(C4CCSCC4)CC3)cc(C)n2n1. The van der Waals surface area contributed by atoms with E-state index in [-0.39, 0.29) is 11.9 Å². The standard InChI is InChI=1S/C19H27N5OS/c1-13-11-18-21-17(12-14(2)24(18)22-13)19(25)20-15-3-7-23(8-4-15)16-5-9-26-10-6-16/h11-12,15-16H,3-10H2,1-2H3,(H,20,25). The zero-order valence-electron chi connectivity index (χ0n) is 15.6. The Hall–Kier alpha value is -1.60. The van der Waals surface area contributed by atoms with Gasteiger partial charge in [0.25, 0.3) is 5.91 Å². The Morgan fingerprint density at radius 2 is 1.88 bits per heavy atom. The van der Waals surface area contributed by atoms with Gasteiger partial charge in [-0.3, -0.25) is 4.79 Å². The van der Waals surface area contributed by atoms with Gasteiger partial charge in [0.15, 0.2) is 5.65 Å². The number of fused-ring (bicyclic) bond motifs is 1. The molecule has 1 amide bonds. The maximum Gasteiger partial charge on any atom is 0.270 e. The van der Waals surface area contributed by atoms with E-state index in [1.54, 1.807) is 4.52 Å². The molecule has 2 aromatic rings. The molecule has 1 N–H and O–H groups in total. The number of carbonyl (C=O) groups is 1. The Bertz CT molecular complexity index is 791. The van der Waals surface area contributed by atoms with Gasteiger partial charge in [-0.15, -0.1) is 0 Å². The monoisotopic (exact) mass is 373 g/mol. The minimum atomic E-state index is -0.0676. The first-order chi connectivity index (χ1) is 12.6. The molecule has 2 aromatic heterocycles. The van der Waals surface area contributed by atoms with Crippen molar-refractivity contribution in [1.29, 1.82) is 0 Å². The highest BCUT2D eigenvalue weighted by molar-refractivity contribution is 7.99. The van der Waals surface area contributed by atoms with Crippen molar-refractivity contribution < 1.29 is 4.79 Å². The molecule has 0 aromatic carbocycles. The van der Waals surface area contributed by atoms with Crippen LogP contribution in [0.15, 0.2) is 12.1 Å². The van der Waals surface area contributed by atoms with Crippen molar-refractivity contribution in [1.82, 2.24) is 24.8 Å². The molecule has 0 saturated carbocycles. The molecule has 7 heteroatoms. The summed E-state index contributed by atoms with van der Waals surface area (Å²) in [7, 11) is 0. The summed E-state index contributed by atoms with van der Waals surface area (Å²) in [5, 5.41) is 7.59. The van der Waals surface area contributed by atoms with Crippen molar-refractivity contribution >= 4 is 23.3 Å². The Balaban J connectivity index is 1.36. The van der Waals surface area contributed by atoms with Gasteiger partial charge in [-0.25, -0.2) is 9.50 Å². The third-order valence-electron chi connectivity index (χ3n) is 5.53. The number of carbonyl (C=O) groups excluding carboxylic acids is 1. The molecule has 2 aliphatic heterocycles. The summed E-state index contributed by atoms with van der Waals surface area (Å²) in [5.41, 5.74) is 3.06. The molecule has 0 spiro atoms. The van der Waals surface area contributed by atoms with Crippen LogP contribution >= 0.6 is 11.8 Å². The molecule has 2 aliphatic rings. The van der Waals surface area contributed by atoms with Gasteiger partial charge in [0, 0.05) is 36.9 Å². The van der Waals surface area contributed by atoms with Gasteiger partial charge in [0.05, 0.1) is 5.69 Å². The second-order valence-electron chi connectivity index (χ2n) is 7.47. The topological polar surface area (TPSA) is 62.5 Å². The Morgan fingerprint density at radius 3 is 2.62 bits per heavy atom. The second kappa shape index (κ2) is 7.56. The van der Waals surface area contributed by atoms with Crippen LogP contribution < -0.4 is 5.32 Å². The van der Waals surface area contributed by atoms with E-state index < -0.39 is 0 Å². The predicted molar refractivity (Wildman–Crippen MR) is 105 cm³/mol. The van der Waals surface area contributed by atoms with E-state index in [1.165, 1.54) is 24.3 Å². The van der Waals surface area contributed by atoms with Gasteiger partial charge < -0.3 is 10.2 Å². The molecule has 4 heterocycles. The van der Waals surface area contributed by atoms with Crippen molar-refractivity contribution in [2.24, 2.45) is 0 Å². The van der Waals surface area contributed by atoms with E-state index >= 15 is 0 Å². The molecular weight excluding hydrogens is 346 g/mol. The molecule has 0 radical (unpaired) electrons. The summed E-state index contributed by atoms with van der Waals surface area (Å²) in [4.78, 5) is 19.8. The second-order valence-corrected chi connectivity index (χ2v) is 8.69. The average Bonchev–Trinajstić information content (AvgIpc) is 3.04. The molecule has 0 unspecified atom stereocenters. The molecule has 140 valence electrons. The molecule has 2 saturated heterocycles. The fourth-order valence-corrected chi connectivity index (χ4v) is 5.16. The molecule has 0 aliphatic carbocycles. The number of piperidine rings is 1. The van der Waals surface area contributed by atoms with E-state index in [4.69, 9.17) is 0 Å². The van der Waals surface area contributed by atoms with Crippen LogP contribution in [0, 0.1) is 13.8 Å². The highest BCUT2D eigenvalue weighted by atomic mass is 32.2. The van der Waals surface area contributed by atoms with Crippen LogP contribution in [0.25, 0.3) is 5.65 Å².